The fraction of sp³-hybridized carbons (Fsp3) is 0.235. The molecule has 11 heteroatoms. The Labute approximate surface area is 161 Å². The number of ketones is 1. The van der Waals surface area contributed by atoms with E-state index >= 15 is 0 Å². The number of hydrogen-bond donors (Lipinski definition) is 1. The molecule has 4 rings (SSSR count). The van der Waals surface area contributed by atoms with Crippen LogP contribution in [0.3, 0.4) is 0 Å². The highest BCUT2D eigenvalue weighted by atomic mass is 35.5. The quantitative estimate of drug-likeness (QED) is 0.670. The van der Waals surface area contributed by atoms with Gasteiger partial charge in [0.15, 0.2) is 5.78 Å². The average Bonchev–Trinajstić information content (AvgIpc) is 3.11. The Balaban J connectivity index is 1.65. The van der Waals surface area contributed by atoms with E-state index in [1.54, 1.807) is 0 Å². The maximum absolute atomic E-state index is 13.0. The molecule has 0 spiro atoms. The van der Waals surface area contributed by atoms with Crippen molar-refractivity contribution in [3.05, 3.63) is 63.7 Å². The van der Waals surface area contributed by atoms with Crippen molar-refractivity contribution < 1.29 is 18.0 Å². The second-order valence-electron chi connectivity index (χ2n) is 6.09. The molecule has 3 heterocycles. The summed E-state index contributed by atoms with van der Waals surface area (Å²) >= 11 is 5.82. The third-order valence-corrected chi connectivity index (χ3v) is 4.72. The third kappa shape index (κ3) is 3.25. The Morgan fingerprint density at radius 2 is 1.96 bits per heavy atom. The Kier molecular flexibility index (Phi) is 4.60. The van der Waals surface area contributed by atoms with Gasteiger partial charge in [0.25, 0.3) is 5.95 Å². The van der Waals surface area contributed by atoms with Crippen LogP contribution in [0.5, 0.6) is 0 Å². The maximum atomic E-state index is 13.0. The number of carbonyl (C=O) groups is 1. The number of carbonyl (C=O) groups excluding carboxylic acids is 1. The molecule has 28 heavy (non-hydrogen) atoms. The first-order valence-electron chi connectivity index (χ1n) is 8.23. The lowest BCUT2D eigenvalue weighted by atomic mass is 10.0. The van der Waals surface area contributed by atoms with Crippen molar-refractivity contribution in [1.29, 1.82) is 0 Å². The van der Waals surface area contributed by atoms with Crippen LogP contribution in [0, 0.1) is 0 Å². The smallest absolute Gasteiger partial charge is 0.311 e. The van der Waals surface area contributed by atoms with Crippen LogP contribution in [-0.4, -0.2) is 37.3 Å². The number of benzene rings is 1. The first-order valence-corrected chi connectivity index (χ1v) is 8.61. The fourth-order valence-corrected chi connectivity index (χ4v) is 3.24. The Morgan fingerprint density at radius 1 is 1.21 bits per heavy atom. The predicted molar refractivity (Wildman–Crippen MR) is 92.2 cm³/mol. The zero-order valence-corrected chi connectivity index (χ0v) is 14.9. The van der Waals surface area contributed by atoms with Crippen LogP contribution in [0.1, 0.15) is 32.9 Å². The zero-order chi connectivity index (χ0) is 19.9. The van der Waals surface area contributed by atoms with E-state index in [1.165, 1.54) is 23.1 Å². The molecule has 1 N–H and O–H groups in total. The number of nitrogens with zero attached hydrogens (tertiary/aromatic N) is 5. The minimum absolute atomic E-state index is 0.0145. The number of rotatable bonds is 3. The molecule has 0 bridgehead atoms. The average molecular weight is 409 g/mol. The van der Waals surface area contributed by atoms with Crippen LogP contribution in [0.2, 0.25) is 5.02 Å². The van der Waals surface area contributed by atoms with E-state index in [-0.39, 0.29) is 17.1 Å². The molecule has 1 aliphatic heterocycles. The standard InChI is InChI=1S/C17H12ClF3N6O/c18-14-10(2-1-3-11(14)17(19,20)21)15(28)9-6-23-16(24-7-9)27-13-4-5-22-8-12(13)25-26-27/h1-3,6-7,22H,4-5,8H2. The molecule has 3 aromatic rings. The molecule has 2 aromatic heterocycles. The monoisotopic (exact) mass is 408 g/mol. The van der Waals surface area contributed by atoms with Crippen molar-refractivity contribution in [1.82, 2.24) is 30.3 Å². The number of halogens is 4. The molecule has 144 valence electrons. The second kappa shape index (κ2) is 6.95. The molecule has 1 aromatic carbocycles. The van der Waals surface area contributed by atoms with Gasteiger partial charge in [-0.25, -0.2) is 9.97 Å². The van der Waals surface area contributed by atoms with Crippen LogP contribution in [0.4, 0.5) is 13.2 Å². The Morgan fingerprint density at radius 3 is 2.68 bits per heavy atom. The summed E-state index contributed by atoms with van der Waals surface area (Å²) in [6.07, 6.45) is -1.49. The van der Waals surface area contributed by atoms with Crippen LogP contribution in [0.25, 0.3) is 5.95 Å². The number of hydrogen-bond acceptors (Lipinski definition) is 6. The highest BCUT2D eigenvalue weighted by Crippen LogP contribution is 2.36. The molecular weight excluding hydrogens is 397 g/mol. The number of nitrogens with one attached hydrogen (secondary N) is 1. The minimum Gasteiger partial charge on any atom is -0.311 e. The van der Waals surface area contributed by atoms with E-state index in [1.807, 2.05) is 0 Å². The van der Waals surface area contributed by atoms with E-state index in [0.29, 0.717) is 13.0 Å². The number of fused-ring (bicyclic) bond motifs is 1. The summed E-state index contributed by atoms with van der Waals surface area (Å²) in [4.78, 5) is 20.8. The third-order valence-electron chi connectivity index (χ3n) is 4.31. The first-order chi connectivity index (χ1) is 13.4. The van der Waals surface area contributed by atoms with Crippen LogP contribution in [0.15, 0.2) is 30.6 Å². The van der Waals surface area contributed by atoms with Gasteiger partial charge in [0.1, 0.15) is 5.69 Å². The van der Waals surface area contributed by atoms with Crippen LogP contribution in [-0.2, 0) is 19.1 Å². The van der Waals surface area contributed by atoms with Crippen molar-refractivity contribution in [2.75, 3.05) is 6.54 Å². The van der Waals surface area contributed by atoms with E-state index in [9.17, 15) is 18.0 Å². The van der Waals surface area contributed by atoms with Gasteiger partial charge < -0.3 is 5.32 Å². The minimum atomic E-state index is -4.66. The van der Waals surface area contributed by atoms with Gasteiger partial charge in [-0.05, 0) is 12.1 Å². The van der Waals surface area contributed by atoms with Gasteiger partial charge in [0, 0.05) is 37.5 Å². The molecule has 0 radical (unpaired) electrons. The molecule has 0 saturated heterocycles. The summed E-state index contributed by atoms with van der Waals surface area (Å²) in [5, 5.41) is 10.6. The highest BCUT2D eigenvalue weighted by Gasteiger charge is 2.34. The van der Waals surface area contributed by atoms with Crippen molar-refractivity contribution >= 4 is 17.4 Å². The SMILES string of the molecule is O=C(c1cnc(-n2nnc3c2CCNC3)nc1)c1cccc(C(F)(F)F)c1Cl. The Hall–Kier alpha value is -2.85. The lowest BCUT2D eigenvalue weighted by Gasteiger charge is -2.13. The summed E-state index contributed by atoms with van der Waals surface area (Å²) in [5.41, 5.74) is 0.350. The van der Waals surface area contributed by atoms with Gasteiger partial charge in [-0.2, -0.15) is 17.9 Å². The fourth-order valence-electron chi connectivity index (χ4n) is 2.92. The van der Waals surface area contributed by atoms with Crippen molar-refractivity contribution in [3.63, 3.8) is 0 Å². The van der Waals surface area contributed by atoms with Gasteiger partial charge >= 0.3 is 6.18 Å². The number of alkyl halides is 3. The van der Waals surface area contributed by atoms with Crippen LogP contribution < -0.4 is 5.32 Å². The van der Waals surface area contributed by atoms with Gasteiger partial charge in [-0.15, -0.1) is 5.10 Å². The van der Waals surface area contributed by atoms with Crippen LogP contribution >= 0.6 is 11.6 Å². The van der Waals surface area contributed by atoms with E-state index in [2.05, 4.69) is 25.6 Å². The summed E-state index contributed by atoms with van der Waals surface area (Å²) < 4.78 is 40.5. The molecule has 0 atom stereocenters. The maximum Gasteiger partial charge on any atom is 0.417 e. The first kappa shape index (κ1) is 18.5. The van der Waals surface area contributed by atoms with Crippen molar-refractivity contribution in [2.24, 2.45) is 0 Å². The Bertz CT molecular complexity index is 1050. The van der Waals surface area contributed by atoms with Gasteiger partial charge in [0.05, 0.1) is 21.8 Å². The number of aromatic nitrogens is 5. The zero-order valence-electron chi connectivity index (χ0n) is 14.2. The molecule has 7 nitrogen and oxygen atoms in total. The second-order valence-corrected chi connectivity index (χ2v) is 6.47. The lowest BCUT2D eigenvalue weighted by molar-refractivity contribution is -0.137. The molecule has 0 unspecified atom stereocenters. The lowest BCUT2D eigenvalue weighted by Crippen LogP contribution is -2.25. The molecule has 0 amide bonds. The molecule has 0 fully saturated rings. The normalized spacial score (nSPS) is 14.0. The topological polar surface area (TPSA) is 85.6 Å². The van der Waals surface area contributed by atoms with E-state index in [4.69, 9.17) is 11.6 Å². The molecule has 0 aliphatic carbocycles. The summed E-state index contributed by atoms with van der Waals surface area (Å²) in [5.74, 6) is -0.477. The summed E-state index contributed by atoms with van der Waals surface area (Å²) in [7, 11) is 0. The molecular formula is C17H12ClF3N6O. The molecule has 0 saturated carbocycles. The van der Waals surface area contributed by atoms with E-state index < -0.39 is 22.5 Å². The predicted octanol–water partition coefficient (Wildman–Crippen LogP) is 2.61. The summed E-state index contributed by atoms with van der Waals surface area (Å²) in [6, 6.07) is 3.18. The van der Waals surface area contributed by atoms with Gasteiger partial charge in [-0.3, -0.25) is 4.79 Å². The summed E-state index contributed by atoms with van der Waals surface area (Å²) in [6.45, 7) is 1.37. The van der Waals surface area contributed by atoms with Gasteiger partial charge in [0.2, 0.25) is 0 Å². The van der Waals surface area contributed by atoms with Gasteiger partial charge in [-0.1, -0.05) is 22.9 Å². The van der Waals surface area contributed by atoms with Crippen molar-refractivity contribution in [2.45, 2.75) is 19.1 Å². The largest absolute Gasteiger partial charge is 0.417 e. The van der Waals surface area contributed by atoms with E-state index in [0.717, 1.165) is 30.1 Å². The van der Waals surface area contributed by atoms with Crippen molar-refractivity contribution in [3.8, 4) is 5.95 Å². The highest BCUT2D eigenvalue weighted by molar-refractivity contribution is 6.35. The molecule has 1 aliphatic rings.